The Morgan fingerprint density at radius 3 is 3.07 bits per heavy atom. The van der Waals surface area contributed by atoms with Crippen molar-refractivity contribution in [2.45, 2.75) is 38.8 Å². The van der Waals surface area contributed by atoms with Crippen molar-refractivity contribution in [3.05, 3.63) is 18.1 Å². The summed E-state index contributed by atoms with van der Waals surface area (Å²) in [7, 11) is 0. The molecular weight excluding hydrogens is 190 g/mol. The average molecular weight is 207 g/mol. The standard InChI is InChI=1S/C11H17N3O/c1-3-9-6-11(13-7-12-9)14-10-4-5-15-8(10)2/h6-8,10H,3-5H2,1-2H3,(H,12,13,14). The van der Waals surface area contributed by atoms with Crippen LogP contribution in [-0.2, 0) is 11.2 Å². The molecule has 0 aliphatic carbocycles. The first-order chi connectivity index (χ1) is 7.29. The Morgan fingerprint density at radius 2 is 2.40 bits per heavy atom. The third-order valence-electron chi connectivity index (χ3n) is 2.80. The minimum Gasteiger partial charge on any atom is -0.376 e. The molecule has 2 atom stereocenters. The van der Waals surface area contributed by atoms with Crippen molar-refractivity contribution in [1.29, 1.82) is 0 Å². The summed E-state index contributed by atoms with van der Waals surface area (Å²) < 4.78 is 5.49. The number of aromatic nitrogens is 2. The zero-order valence-electron chi connectivity index (χ0n) is 9.23. The molecule has 0 spiro atoms. The van der Waals surface area contributed by atoms with Gasteiger partial charge in [0, 0.05) is 18.4 Å². The molecule has 0 saturated carbocycles. The number of nitrogens with one attached hydrogen (secondary N) is 1. The van der Waals surface area contributed by atoms with Gasteiger partial charge in [-0.15, -0.1) is 0 Å². The summed E-state index contributed by atoms with van der Waals surface area (Å²) in [5.41, 5.74) is 1.07. The molecule has 1 N–H and O–H groups in total. The van der Waals surface area contributed by atoms with Crippen molar-refractivity contribution in [2.75, 3.05) is 11.9 Å². The maximum atomic E-state index is 5.49. The predicted octanol–water partition coefficient (Wildman–Crippen LogP) is 1.63. The fraction of sp³-hybridized carbons (Fsp3) is 0.636. The van der Waals surface area contributed by atoms with E-state index in [-0.39, 0.29) is 6.10 Å². The molecule has 0 bridgehead atoms. The van der Waals surface area contributed by atoms with Gasteiger partial charge in [-0.1, -0.05) is 6.92 Å². The number of nitrogens with zero attached hydrogens (tertiary/aromatic N) is 2. The van der Waals surface area contributed by atoms with Gasteiger partial charge in [0.05, 0.1) is 12.1 Å². The Bertz CT molecular complexity index is 329. The second-order valence-electron chi connectivity index (χ2n) is 3.86. The number of hydrogen-bond donors (Lipinski definition) is 1. The summed E-state index contributed by atoms with van der Waals surface area (Å²) in [6.45, 7) is 5.02. The van der Waals surface area contributed by atoms with E-state index in [2.05, 4.69) is 29.1 Å². The van der Waals surface area contributed by atoms with Gasteiger partial charge in [0.2, 0.25) is 0 Å². The van der Waals surface area contributed by atoms with Crippen LogP contribution in [0.2, 0.25) is 0 Å². The number of anilines is 1. The quantitative estimate of drug-likeness (QED) is 0.818. The van der Waals surface area contributed by atoms with Crippen LogP contribution in [-0.4, -0.2) is 28.7 Å². The second-order valence-corrected chi connectivity index (χ2v) is 3.86. The first-order valence-corrected chi connectivity index (χ1v) is 5.48. The van der Waals surface area contributed by atoms with Crippen molar-refractivity contribution in [1.82, 2.24) is 9.97 Å². The SMILES string of the molecule is CCc1cc(NC2CCOC2C)ncn1. The number of rotatable bonds is 3. The van der Waals surface area contributed by atoms with Gasteiger partial charge >= 0.3 is 0 Å². The zero-order chi connectivity index (χ0) is 10.7. The van der Waals surface area contributed by atoms with Gasteiger partial charge in [-0.25, -0.2) is 9.97 Å². The fourth-order valence-corrected chi connectivity index (χ4v) is 1.78. The third-order valence-corrected chi connectivity index (χ3v) is 2.80. The third kappa shape index (κ3) is 2.45. The summed E-state index contributed by atoms with van der Waals surface area (Å²) in [5.74, 6) is 0.907. The van der Waals surface area contributed by atoms with Crippen molar-refractivity contribution in [3.8, 4) is 0 Å². The summed E-state index contributed by atoms with van der Waals surface area (Å²) in [6.07, 6.45) is 3.87. The van der Waals surface area contributed by atoms with E-state index < -0.39 is 0 Å². The zero-order valence-corrected chi connectivity index (χ0v) is 9.23. The number of aryl methyl sites for hydroxylation is 1. The maximum absolute atomic E-state index is 5.49. The Morgan fingerprint density at radius 1 is 1.53 bits per heavy atom. The van der Waals surface area contributed by atoms with Gasteiger partial charge in [0.25, 0.3) is 0 Å². The molecule has 1 saturated heterocycles. The van der Waals surface area contributed by atoms with Crippen molar-refractivity contribution in [3.63, 3.8) is 0 Å². The van der Waals surface area contributed by atoms with Crippen molar-refractivity contribution >= 4 is 5.82 Å². The Labute approximate surface area is 90.1 Å². The van der Waals surface area contributed by atoms with E-state index in [1.165, 1.54) is 0 Å². The molecule has 1 aromatic rings. The molecule has 1 fully saturated rings. The van der Waals surface area contributed by atoms with Crippen LogP contribution < -0.4 is 5.32 Å². The topological polar surface area (TPSA) is 47.0 Å². The Kier molecular flexibility index (Phi) is 3.16. The molecule has 4 nitrogen and oxygen atoms in total. The summed E-state index contributed by atoms with van der Waals surface area (Å²) in [6, 6.07) is 2.38. The highest BCUT2D eigenvalue weighted by atomic mass is 16.5. The van der Waals surface area contributed by atoms with Crippen LogP contribution in [0.15, 0.2) is 12.4 Å². The molecule has 82 valence electrons. The minimum atomic E-state index is 0.269. The van der Waals surface area contributed by atoms with Gasteiger partial charge in [0.15, 0.2) is 0 Å². The van der Waals surface area contributed by atoms with E-state index in [0.29, 0.717) is 6.04 Å². The van der Waals surface area contributed by atoms with Gasteiger partial charge in [-0.3, -0.25) is 0 Å². The van der Waals surface area contributed by atoms with Crippen LogP contribution in [0.1, 0.15) is 26.0 Å². The molecule has 2 unspecified atom stereocenters. The van der Waals surface area contributed by atoms with Gasteiger partial charge < -0.3 is 10.1 Å². The molecule has 1 aliphatic heterocycles. The highest BCUT2D eigenvalue weighted by Crippen LogP contribution is 2.17. The lowest BCUT2D eigenvalue weighted by atomic mass is 10.1. The van der Waals surface area contributed by atoms with Crippen molar-refractivity contribution < 1.29 is 4.74 Å². The molecular formula is C11H17N3O. The smallest absolute Gasteiger partial charge is 0.129 e. The molecule has 0 radical (unpaired) electrons. The van der Waals surface area contributed by atoms with Crippen LogP contribution in [0.3, 0.4) is 0 Å². The molecule has 1 aliphatic rings. The highest BCUT2D eigenvalue weighted by molar-refractivity contribution is 5.36. The van der Waals surface area contributed by atoms with E-state index in [1.807, 2.05) is 6.07 Å². The lowest BCUT2D eigenvalue weighted by Crippen LogP contribution is -2.27. The van der Waals surface area contributed by atoms with E-state index >= 15 is 0 Å². The lowest BCUT2D eigenvalue weighted by Gasteiger charge is -2.16. The average Bonchev–Trinajstić information content (AvgIpc) is 2.65. The monoisotopic (exact) mass is 207 g/mol. The summed E-state index contributed by atoms with van der Waals surface area (Å²) >= 11 is 0. The predicted molar refractivity (Wildman–Crippen MR) is 58.9 cm³/mol. The van der Waals surface area contributed by atoms with Crippen LogP contribution in [0, 0.1) is 0 Å². The fourth-order valence-electron chi connectivity index (χ4n) is 1.78. The first-order valence-electron chi connectivity index (χ1n) is 5.48. The molecule has 0 aromatic carbocycles. The minimum absolute atomic E-state index is 0.269. The van der Waals surface area contributed by atoms with Crippen LogP contribution in [0.25, 0.3) is 0 Å². The summed E-state index contributed by atoms with van der Waals surface area (Å²) in [4.78, 5) is 8.38. The molecule has 2 rings (SSSR count). The highest BCUT2D eigenvalue weighted by Gasteiger charge is 2.24. The normalized spacial score (nSPS) is 25.5. The van der Waals surface area contributed by atoms with E-state index in [9.17, 15) is 0 Å². The molecule has 4 heteroatoms. The Balaban J connectivity index is 2.03. The Hall–Kier alpha value is -1.16. The van der Waals surface area contributed by atoms with Gasteiger partial charge in [-0.2, -0.15) is 0 Å². The maximum Gasteiger partial charge on any atom is 0.129 e. The van der Waals surface area contributed by atoms with Crippen LogP contribution in [0.4, 0.5) is 5.82 Å². The molecule has 15 heavy (non-hydrogen) atoms. The second kappa shape index (κ2) is 4.57. The summed E-state index contributed by atoms with van der Waals surface area (Å²) in [5, 5.41) is 3.39. The lowest BCUT2D eigenvalue weighted by molar-refractivity contribution is 0.121. The van der Waals surface area contributed by atoms with Gasteiger partial charge in [-0.05, 0) is 19.8 Å². The molecule has 0 amide bonds. The van der Waals surface area contributed by atoms with E-state index in [1.54, 1.807) is 6.33 Å². The molecule has 1 aromatic heterocycles. The largest absolute Gasteiger partial charge is 0.376 e. The van der Waals surface area contributed by atoms with Crippen LogP contribution in [0.5, 0.6) is 0 Å². The van der Waals surface area contributed by atoms with Gasteiger partial charge in [0.1, 0.15) is 12.1 Å². The van der Waals surface area contributed by atoms with Crippen molar-refractivity contribution in [2.24, 2.45) is 0 Å². The van der Waals surface area contributed by atoms with E-state index in [4.69, 9.17) is 4.74 Å². The van der Waals surface area contributed by atoms with Crippen LogP contribution >= 0.6 is 0 Å². The number of ether oxygens (including phenoxy) is 1. The first kappa shape index (κ1) is 10.4. The number of hydrogen-bond acceptors (Lipinski definition) is 4. The van der Waals surface area contributed by atoms with E-state index in [0.717, 1.165) is 31.0 Å². The molecule has 2 heterocycles.